The maximum atomic E-state index is 12.1. The number of carbonyl (C=O) groups excluding carboxylic acids is 1. The molecule has 1 amide bonds. The minimum absolute atomic E-state index is 0.126. The Morgan fingerprint density at radius 2 is 1.81 bits per heavy atom. The van der Waals surface area contributed by atoms with Gasteiger partial charge in [-0.05, 0) is 43.3 Å². The summed E-state index contributed by atoms with van der Waals surface area (Å²) in [6.45, 7) is 1.72. The first kappa shape index (κ1) is 17.7. The fourth-order valence-corrected chi connectivity index (χ4v) is 2.82. The lowest BCUT2D eigenvalue weighted by molar-refractivity contribution is -0.113. The number of thioether (sulfide) groups is 1. The van der Waals surface area contributed by atoms with Crippen LogP contribution in [0.15, 0.2) is 64.4 Å². The highest BCUT2D eigenvalue weighted by Gasteiger charge is 2.08. The predicted molar refractivity (Wildman–Crippen MR) is 99.7 cm³/mol. The molecule has 0 saturated heterocycles. The predicted octanol–water partition coefficient (Wildman–Crippen LogP) is 3.00. The molecule has 0 unspecified atom stereocenters. The van der Waals surface area contributed by atoms with Gasteiger partial charge in [0.1, 0.15) is 16.5 Å². The Hall–Kier alpha value is -3.13. The van der Waals surface area contributed by atoms with Crippen molar-refractivity contribution in [3.8, 4) is 11.5 Å². The Kier molecular flexibility index (Phi) is 5.65. The van der Waals surface area contributed by atoms with Gasteiger partial charge in [-0.1, -0.05) is 30.0 Å². The van der Waals surface area contributed by atoms with E-state index in [4.69, 9.17) is 4.74 Å². The Bertz CT molecular complexity index is 943. The highest BCUT2D eigenvalue weighted by atomic mass is 32.2. The van der Waals surface area contributed by atoms with Crippen LogP contribution in [-0.2, 0) is 4.79 Å². The molecule has 2 aromatic carbocycles. The van der Waals surface area contributed by atoms with Gasteiger partial charge in [0, 0.05) is 5.69 Å². The molecule has 0 aliphatic heterocycles. The first-order chi connectivity index (χ1) is 12.6. The highest BCUT2D eigenvalue weighted by molar-refractivity contribution is 8.00. The van der Waals surface area contributed by atoms with E-state index in [1.165, 1.54) is 0 Å². The summed E-state index contributed by atoms with van der Waals surface area (Å²) in [6.07, 6.45) is 0. The van der Waals surface area contributed by atoms with Crippen molar-refractivity contribution >= 4 is 23.4 Å². The second-order valence-electron chi connectivity index (χ2n) is 5.31. The molecule has 0 bridgehead atoms. The maximum Gasteiger partial charge on any atom is 0.362 e. The number of amides is 1. The number of aromatic amines is 1. The standard InChI is InChI=1S/C18H16N4O3S/c1-12-17(20-18(24)22-21-12)26-11-16(23)19-13-7-9-15(10-8-13)25-14-5-3-2-4-6-14/h2-10H,11H2,1H3,(H,19,23)(H,20,22,24). The zero-order valence-corrected chi connectivity index (χ0v) is 14.7. The third kappa shape index (κ3) is 4.93. The van der Waals surface area contributed by atoms with Crippen LogP contribution in [0.2, 0.25) is 0 Å². The first-order valence-corrected chi connectivity index (χ1v) is 8.77. The third-order valence-corrected chi connectivity index (χ3v) is 4.36. The lowest BCUT2D eigenvalue weighted by atomic mass is 10.3. The monoisotopic (exact) mass is 368 g/mol. The van der Waals surface area contributed by atoms with Crippen molar-refractivity contribution < 1.29 is 9.53 Å². The van der Waals surface area contributed by atoms with E-state index in [9.17, 15) is 9.59 Å². The van der Waals surface area contributed by atoms with Gasteiger partial charge in [0.05, 0.1) is 11.4 Å². The van der Waals surface area contributed by atoms with Crippen LogP contribution < -0.4 is 15.7 Å². The molecule has 0 spiro atoms. The van der Waals surface area contributed by atoms with E-state index in [2.05, 4.69) is 20.5 Å². The minimum Gasteiger partial charge on any atom is -0.457 e. The Morgan fingerprint density at radius 3 is 2.54 bits per heavy atom. The number of nitrogens with zero attached hydrogens (tertiary/aromatic N) is 2. The summed E-state index contributed by atoms with van der Waals surface area (Å²) in [5.74, 6) is 1.35. The fourth-order valence-electron chi connectivity index (χ4n) is 2.08. The van der Waals surface area contributed by atoms with Gasteiger partial charge in [0.25, 0.3) is 0 Å². The molecule has 8 heteroatoms. The molecule has 3 rings (SSSR count). The summed E-state index contributed by atoms with van der Waals surface area (Å²) < 4.78 is 5.70. The van der Waals surface area contributed by atoms with Crippen LogP contribution in [0.5, 0.6) is 11.5 Å². The number of carbonyl (C=O) groups is 1. The normalized spacial score (nSPS) is 10.3. The third-order valence-electron chi connectivity index (χ3n) is 3.29. The van der Waals surface area contributed by atoms with E-state index in [-0.39, 0.29) is 11.7 Å². The Labute approximate surface area is 153 Å². The number of hydrogen-bond acceptors (Lipinski definition) is 6. The summed E-state index contributed by atoms with van der Waals surface area (Å²) in [5.41, 5.74) is 0.696. The van der Waals surface area contributed by atoms with Crippen LogP contribution in [0.25, 0.3) is 0 Å². The molecule has 26 heavy (non-hydrogen) atoms. The summed E-state index contributed by atoms with van der Waals surface area (Å²) in [5, 5.41) is 9.29. The first-order valence-electron chi connectivity index (χ1n) is 7.79. The highest BCUT2D eigenvalue weighted by Crippen LogP contribution is 2.23. The Balaban J connectivity index is 1.54. The van der Waals surface area contributed by atoms with E-state index < -0.39 is 5.69 Å². The van der Waals surface area contributed by atoms with Crippen molar-refractivity contribution in [3.63, 3.8) is 0 Å². The van der Waals surface area contributed by atoms with Gasteiger partial charge in [-0.25, -0.2) is 9.89 Å². The van der Waals surface area contributed by atoms with E-state index in [0.717, 1.165) is 17.5 Å². The van der Waals surface area contributed by atoms with Crippen molar-refractivity contribution in [2.45, 2.75) is 11.9 Å². The molecule has 1 aromatic heterocycles. The molecule has 0 atom stereocenters. The summed E-state index contributed by atoms with van der Waals surface area (Å²) in [6, 6.07) is 16.5. The summed E-state index contributed by atoms with van der Waals surface area (Å²) >= 11 is 1.16. The van der Waals surface area contributed by atoms with Crippen molar-refractivity contribution in [1.29, 1.82) is 0 Å². The van der Waals surface area contributed by atoms with Crippen LogP contribution in [0.4, 0.5) is 5.69 Å². The van der Waals surface area contributed by atoms with Gasteiger partial charge in [0.2, 0.25) is 5.91 Å². The second kappa shape index (κ2) is 8.30. The van der Waals surface area contributed by atoms with Gasteiger partial charge in [0.15, 0.2) is 0 Å². The fraction of sp³-hybridized carbons (Fsp3) is 0.111. The summed E-state index contributed by atoms with van der Waals surface area (Å²) in [7, 11) is 0. The lowest BCUT2D eigenvalue weighted by Gasteiger charge is -2.08. The molecular weight excluding hydrogens is 352 g/mol. The van der Waals surface area contributed by atoms with Crippen LogP contribution >= 0.6 is 11.8 Å². The molecule has 0 fully saturated rings. The quantitative estimate of drug-likeness (QED) is 0.649. The van der Waals surface area contributed by atoms with E-state index >= 15 is 0 Å². The molecule has 132 valence electrons. The Morgan fingerprint density at radius 1 is 1.12 bits per heavy atom. The number of anilines is 1. The van der Waals surface area contributed by atoms with Crippen LogP contribution in [0.1, 0.15) is 5.69 Å². The number of aromatic nitrogens is 3. The molecule has 3 aromatic rings. The number of benzene rings is 2. The number of para-hydroxylation sites is 1. The van der Waals surface area contributed by atoms with E-state index in [1.54, 1.807) is 31.2 Å². The van der Waals surface area contributed by atoms with Gasteiger partial charge in [-0.15, -0.1) is 0 Å². The average molecular weight is 368 g/mol. The van der Waals surface area contributed by atoms with Gasteiger partial charge < -0.3 is 10.1 Å². The average Bonchev–Trinajstić information content (AvgIpc) is 2.65. The molecule has 1 heterocycles. The molecule has 0 aliphatic rings. The zero-order valence-electron chi connectivity index (χ0n) is 13.9. The molecule has 0 radical (unpaired) electrons. The number of ether oxygens (including phenoxy) is 1. The van der Waals surface area contributed by atoms with Crippen molar-refractivity contribution in [3.05, 3.63) is 70.8 Å². The molecular formula is C18H16N4O3S. The number of H-pyrrole nitrogens is 1. The number of nitrogens with one attached hydrogen (secondary N) is 2. The topological polar surface area (TPSA) is 97.0 Å². The number of aryl methyl sites for hydroxylation is 1. The second-order valence-corrected chi connectivity index (χ2v) is 6.27. The SMILES string of the molecule is Cc1n[nH]c(=O)nc1SCC(=O)Nc1ccc(Oc2ccccc2)cc1. The van der Waals surface area contributed by atoms with Crippen molar-refractivity contribution in [2.24, 2.45) is 0 Å². The minimum atomic E-state index is -0.535. The van der Waals surface area contributed by atoms with Crippen LogP contribution in [0, 0.1) is 6.92 Å². The molecule has 2 N–H and O–H groups in total. The van der Waals surface area contributed by atoms with Crippen molar-refractivity contribution in [2.75, 3.05) is 11.1 Å². The zero-order chi connectivity index (χ0) is 18.4. The summed E-state index contributed by atoms with van der Waals surface area (Å²) in [4.78, 5) is 27.0. The molecule has 7 nitrogen and oxygen atoms in total. The number of rotatable bonds is 6. The van der Waals surface area contributed by atoms with E-state index in [1.807, 2.05) is 30.3 Å². The van der Waals surface area contributed by atoms with Gasteiger partial charge in [-0.2, -0.15) is 10.1 Å². The van der Waals surface area contributed by atoms with Crippen LogP contribution in [-0.4, -0.2) is 26.8 Å². The van der Waals surface area contributed by atoms with Gasteiger partial charge >= 0.3 is 5.69 Å². The smallest absolute Gasteiger partial charge is 0.362 e. The lowest BCUT2D eigenvalue weighted by Crippen LogP contribution is -2.17. The van der Waals surface area contributed by atoms with E-state index in [0.29, 0.717) is 22.2 Å². The number of hydrogen-bond donors (Lipinski definition) is 2. The van der Waals surface area contributed by atoms with Crippen LogP contribution in [0.3, 0.4) is 0 Å². The molecule has 0 aliphatic carbocycles. The largest absolute Gasteiger partial charge is 0.457 e. The van der Waals surface area contributed by atoms with Crippen molar-refractivity contribution in [1.82, 2.24) is 15.2 Å². The van der Waals surface area contributed by atoms with Gasteiger partial charge in [-0.3, -0.25) is 4.79 Å². The maximum absolute atomic E-state index is 12.1. The molecule has 0 saturated carbocycles.